The van der Waals surface area contributed by atoms with E-state index in [2.05, 4.69) is 15.9 Å². The van der Waals surface area contributed by atoms with Crippen molar-refractivity contribution in [3.8, 4) is 5.75 Å². The van der Waals surface area contributed by atoms with Crippen molar-refractivity contribution >= 4 is 31.6 Å². The van der Waals surface area contributed by atoms with Crippen LogP contribution in [0.15, 0.2) is 22.7 Å². The van der Waals surface area contributed by atoms with Crippen molar-refractivity contribution in [1.82, 2.24) is 0 Å². The summed E-state index contributed by atoms with van der Waals surface area (Å²) in [5, 5.41) is 15.8. The molecule has 1 aromatic carbocycles. The van der Waals surface area contributed by atoms with Crippen LogP contribution in [0.5, 0.6) is 5.75 Å². The molecule has 1 rings (SSSR count). The molecule has 21 heavy (non-hydrogen) atoms. The van der Waals surface area contributed by atoms with Gasteiger partial charge in [0.25, 0.3) is 5.69 Å². The molecule has 0 aliphatic rings. The molecule has 0 amide bonds. The molecule has 0 fully saturated rings. The Balaban J connectivity index is 2.79. The fraction of sp³-hybridized carbons (Fsp3) is 0.500. The van der Waals surface area contributed by atoms with E-state index in [-0.39, 0.29) is 24.0 Å². The van der Waals surface area contributed by atoms with Gasteiger partial charge in [0.05, 0.1) is 27.8 Å². The minimum Gasteiger partial charge on any atom is -0.492 e. The molecule has 0 radical (unpaired) electrons. The maximum absolute atomic E-state index is 11.2. The molecule has 7 nitrogen and oxygen atoms in total. The first-order chi connectivity index (χ1) is 9.73. The summed E-state index contributed by atoms with van der Waals surface area (Å²) in [6, 6.07) is 4.16. The highest BCUT2D eigenvalue weighted by molar-refractivity contribution is 9.10. The van der Waals surface area contributed by atoms with E-state index in [0.29, 0.717) is 16.6 Å². The van der Waals surface area contributed by atoms with Gasteiger partial charge in [-0.1, -0.05) is 13.3 Å². The predicted molar refractivity (Wildman–Crippen MR) is 82.7 cm³/mol. The van der Waals surface area contributed by atoms with E-state index in [1.807, 2.05) is 6.92 Å². The summed E-state index contributed by atoms with van der Waals surface area (Å²) in [6.45, 7) is 2.06. The monoisotopic (exact) mass is 380 g/mol. The van der Waals surface area contributed by atoms with Gasteiger partial charge in [-0.15, -0.1) is 0 Å². The third kappa shape index (κ3) is 6.40. The van der Waals surface area contributed by atoms with Crippen LogP contribution in [-0.2, 0) is 10.0 Å². The number of sulfonamides is 1. The van der Waals surface area contributed by atoms with Gasteiger partial charge in [0, 0.05) is 12.0 Å². The average Bonchev–Trinajstić information content (AvgIpc) is 2.35. The van der Waals surface area contributed by atoms with Crippen molar-refractivity contribution in [3.05, 3.63) is 32.8 Å². The van der Waals surface area contributed by atoms with Gasteiger partial charge in [-0.3, -0.25) is 10.1 Å². The molecule has 0 saturated heterocycles. The van der Waals surface area contributed by atoms with Crippen molar-refractivity contribution in [2.75, 3.05) is 12.4 Å². The third-order valence-corrected chi connectivity index (χ3v) is 4.36. The fourth-order valence-corrected chi connectivity index (χ4v) is 3.16. The maximum Gasteiger partial charge on any atom is 0.273 e. The van der Waals surface area contributed by atoms with Gasteiger partial charge in [0.2, 0.25) is 10.0 Å². The van der Waals surface area contributed by atoms with Crippen LogP contribution < -0.4 is 9.88 Å². The summed E-state index contributed by atoms with van der Waals surface area (Å²) in [5.41, 5.74) is -0.0910. The van der Waals surface area contributed by atoms with Gasteiger partial charge in [-0.2, -0.15) is 0 Å². The standard InChI is InChI=1S/C12H17BrN2O5S/c1-2-3-9(8-21(14,18)19)7-20-12-6-10(15(16)17)4-5-11(12)13/h4-6,9H,2-3,7-8H2,1H3,(H2,14,18,19). The zero-order valence-corrected chi connectivity index (χ0v) is 13.9. The molecule has 118 valence electrons. The number of nitrogens with zero attached hydrogens (tertiary/aromatic N) is 1. The number of non-ortho nitro benzene ring substituents is 1. The highest BCUT2D eigenvalue weighted by Gasteiger charge is 2.17. The number of nitro groups is 1. The largest absolute Gasteiger partial charge is 0.492 e. The Labute approximate surface area is 131 Å². The molecule has 0 aliphatic carbocycles. The smallest absolute Gasteiger partial charge is 0.273 e. The molecule has 0 saturated carbocycles. The topological polar surface area (TPSA) is 113 Å². The Morgan fingerprint density at radius 3 is 2.67 bits per heavy atom. The molecule has 1 unspecified atom stereocenters. The first-order valence-corrected chi connectivity index (χ1v) is 8.81. The van der Waals surface area contributed by atoms with Gasteiger partial charge < -0.3 is 4.74 Å². The molecule has 0 aromatic heterocycles. The van der Waals surface area contributed by atoms with Crippen LogP contribution >= 0.6 is 15.9 Å². The second-order valence-electron chi connectivity index (χ2n) is 4.67. The van der Waals surface area contributed by atoms with Crippen LogP contribution in [-0.4, -0.2) is 25.7 Å². The van der Waals surface area contributed by atoms with E-state index in [4.69, 9.17) is 9.88 Å². The molecule has 0 aliphatic heterocycles. The lowest BCUT2D eigenvalue weighted by Gasteiger charge is -2.16. The van der Waals surface area contributed by atoms with Crippen molar-refractivity contribution in [2.24, 2.45) is 11.1 Å². The summed E-state index contributed by atoms with van der Waals surface area (Å²) in [5.74, 6) is -0.121. The average molecular weight is 381 g/mol. The van der Waals surface area contributed by atoms with Crippen molar-refractivity contribution < 1.29 is 18.1 Å². The molecular formula is C12H17BrN2O5S. The molecule has 2 N–H and O–H groups in total. The van der Waals surface area contributed by atoms with Crippen LogP contribution in [0, 0.1) is 16.0 Å². The Bertz CT molecular complexity index is 606. The Morgan fingerprint density at radius 2 is 2.14 bits per heavy atom. The van der Waals surface area contributed by atoms with E-state index >= 15 is 0 Å². The van der Waals surface area contributed by atoms with E-state index in [1.54, 1.807) is 0 Å². The summed E-state index contributed by atoms with van der Waals surface area (Å²) in [6.07, 6.45) is 1.43. The Kier molecular flexibility index (Phi) is 6.56. The molecule has 9 heteroatoms. The number of nitrogens with two attached hydrogens (primary N) is 1. The van der Waals surface area contributed by atoms with E-state index in [0.717, 1.165) is 6.42 Å². The van der Waals surface area contributed by atoms with Crippen LogP contribution in [0.2, 0.25) is 0 Å². The summed E-state index contributed by atoms with van der Waals surface area (Å²) < 4.78 is 28.4. The van der Waals surface area contributed by atoms with Gasteiger partial charge in [-0.05, 0) is 28.4 Å². The quantitative estimate of drug-likeness (QED) is 0.549. The lowest BCUT2D eigenvalue weighted by atomic mass is 10.1. The lowest BCUT2D eigenvalue weighted by molar-refractivity contribution is -0.385. The molecular weight excluding hydrogens is 364 g/mol. The molecule has 1 atom stereocenters. The normalized spacial score (nSPS) is 12.9. The highest BCUT2D eigenvalue weighted by Crippen LogP contribution is 2.29. The van der Waals surface area contributed by atoms with E-state index < -0.39 is 14.9 Å². The van der Waals surface area contributed by atoms with Crippen LogP contribution in [0.1, 0.15) is 19.8 Å². The van der Waals surface area contributed by atoms with Crippen molar-refractivity contribution in [3.63, 3.8) is 0 Å². The zero-order chi connectivity index (χ0) is 16.0. The van der Waals surface area contributed by atoms with E-state index in [9.17, 15) is 18.5 Å². The van der Waals surface area contributed by atoms with E-state index in [1.165, 1.54) is 18.2 Å². The molecule has 0 bridgehead atoms. The predicted octanol–water partition coefficient (Wildman–Crippen LogP) is 2.44. The van der Waals surface area contributed by atoms with Gasteiger partial charge in [0.15, 0.2) is 0 Å². The summed E-state index contributed by atoms with van der Waals surface area (Å²) >= 11 is 3.24. The molecule has 0 heterocycles. The number of halogens is 1. The maximum atomic E-state index is 11.2. The number of ether oxygens (including phenoxy) is 1. The second kappa shape index (κ2) is 7.71. The van der Waals surface area contributed by atoms with Crippen molar-refractivity contribution in [1.29, 1.82) is 0 Å². The molecule has 1 aromatic rings. The fourth-order valence-electron chi connectivity index (χ4n) is 1.88. The number of benzene rings is 1. The molecule has 0 spiro atoms. The van der Waals surface area contributed by atoms with Crippen LogP contribution in [0.3, 0.4) is 0 Å². The number of primary sulfonamides is 1. The Hall–Kier alpha value is -1.19. The zero-order valence-electron chi connectivity index (χ0n) is 11.5. The minimum atomic E-state index is -3.58. The third-order valence-electron chi connectivity index (χ3n) is 2.77. The minimum absolute atomic E-state index is 0.0910. The SMILES string of the molecule is CCCC(COc1cc([N+](=O)[O-])ccc1Br)CS(N)(=O)=O. The number of hydrogen-bond acceptors (Lipinski definition) is 5. The number of nitro benzene ring substituents is 1. The van der Waals surface area contributed by atoms with Crippen LogP contribution in [0.4, 0.5) is 5.69 Å². The van der Waals surface area contributed by atoms with Gasteiger partial charge in [-0.25, -0.2) is 13.6 Å². The van der Waals surface area contributed by atoms with Crippen LogP contribution in [0.25, 0.3) is 0 Å². The summed E-state index contributed by atoms with van der Waals surface area (Å²) in [4.78, 5) is 10.2. The Morgan fingerprint density at radius 1 is 1.48 bits per heavy atom. The van der Waals surface area contributed by atoms with Gasteiger partial charge >= 0.3 is 0 Å². The number of rotatable bonds is 8. The second-order valence-corrected chi connectivity index (χ2v) is 7.18. The summed E-state index contributed by atoms with van der Waals surface area (Å²) in [7, 11) is -3.58. The number of hydrogen-bond donors (Lipinski definition) is 1. The highest BCUT2D eigenvalue weighted by atomic mass is 79.9. The lowest BCUT2D eigenvalue weighted by Crippen LogP contribution is -2.27. The first kappa shape index (κ1) is 17.9. The van der Waals surface area contributed by atoms with Crippen molar-refractivity contribution in [2.45, 2.75) is 19.8 Å². The first-order valence-electron chi connectivity index (χ1n) is 6.30. The van der Waals surface area contributed by atoms with Gasteiger partial charge in [0.1, 0.15) is 5.75 Å².